The van der Waals surface area contributed by atoms with E-state index in [1.165, 1.54) is 7.11 Å². The van der Waals surface area contributed by atoms with Gasteiger partial charge >= 0.3 is 5.97 Å². The monoisotopic (exact) mass is 401 g/mol. The van der Waals surface area contributed by atoms with Crippen molar-refractivity contribution in [2.45, 2.75) is 43.4 Å². The molecule has 28 heavy (non-hydrogen) atoms. The Labute approximate surface area is 167 Å². The Bertz CT molecular complexity index is 886. The van der Waals surface area contributed by atoms with Crippen molar-refractivity contribution in [2.75, 3.05) is 13.7 Å². The minimum Gasteiger partial charge on any atom is -0.469 e. The van der Waals surface area contributed by atoms with E-state index < -0.39 is 10.0 Å². The molecule has 1 saturated carbocycles. The largest absolute Gasteiger partial charge is 0.469 e. The van der Waals surface area contributed by atoms with E-state index in [1.54, 1.807) is 30.3 Å². The van der Waals surface area contributed by atoms with Gasteiger partial charge in [0, 0.05) is 6.54 Å². The van der Waals surface area contributed by atoms with E-state index >= 15 is 0 Å². The molecular formula is C22H27NO4S. The van der Waals surface area contributed by atoms with Crippen LogP contribution in [0.15, 0.2) is 59.5 Å². The number of benzene rings is 2. The maximum Gasteiger partial charge on any atom is 0.309 e. The molecule has 3 rings (SSSR count). The lowest BCUT2D eigenvalue weighted by atomic mass is 9.80. The molecule has 6 heteroatoms. The summed E-state index contributed by atoms with van der Waals surface area (Å²) in [5, 5.41) is 0. The molecule has 0 heterocycles. The third-order valence-corrected chi connectivity index (χ3v) is 6.95. The fourth-order valence-corrected chi connectivity index (χ4v) is 5.10. The zero-order valence-corrected chi connectivity index (χ0v) is 17.0. The van der Waals surface area contributed by atoms with Crippen LogP contribution in [0.5, 0.6) is 0 Å². The molecule has 0 unspecified atom stereocenters. The maximum absolute atomic E-state index is 12.6. The molecule has 1 N–H and O–H groups in total. The lowest BCUT2D eigenvalue weighted by Gasteiger charge is -2.29. The van der Waals surface area contributed by atoms with Crippen molar-refractivity contribution in [3.63, 3.8) is 0 Å². The van der Waals surface area contributed by atoms with Crippen LogP contribution in [0.1, 0.15) is 36.8 Å². The summed E-state index contributed by atoms with van der Waals surface area (Å²) in [6.45, 7) is 0.439. The van der Waals surface area contributed by atoms with Crippen molar-refractivity contribution >= 4 is 16.0 Å². The van der Waals surface area contributed by atoms with Gasteiger partial charge < -0.3 is 4.74 Å². The van der Waals surface area contributed by atoms with E-state index in [1.807, 2.05) is 24.3 Å². The fraction of sp³-hybridized carbons (Fsp3) is 0.409. The number of esters is 1. The Morgan fingerprint density at radius 3 is 2.21 bits per heavy atom. The van der Waals surface area contributed by atoms with Crippen LogP contribution in [0.2, 0.25) is 0 Å². The number of methoxy groups -OCH3 is 1. The number of hydrogen-bond donors (Lipinski definition) is 1. The second-order valence-electron chi connectivity index (χ2n) is 7.59. The second-order valence-corrected chi connectivity index (χ2v) is 9.36. The SMILES string of the molecule is COC(=O)Cc1ccc(CC2(CNS(=O)(=O)c3ccccc3)CCCC2)cc1. The highest BCUT2D eigenvalue weighted by Gasteiger charge is 2.35. The first-order valence-corrected chi connectivity index (χ1v) is 11.1. The average molecular weight is 402 g/mol. The molecule has 0 spiro atoms. The molecule has 0 amide bonds. The Morgan fingerprint density at radius 2 is 1.61 bits per heavy atom. The van der Waals surface area contributed by atoms with Gasteiger partial charge in [0.15, 0.2) is 0 Å². The van der Waals surface area contributed by atoms with Crippen LogP contribution in [0, 0.1) is 5.41 Å². The highest BCUT2D eigenvalue weighted by atomic mass is 32.2. The number of rotatable bonds is 8. The third-order valence-electron chi connectivity index (χ3n) is 5.53. The number of ether oxygens (including phenoxy) is 1. The van der Waals surface area contributed by atoms with Crippen LogP contribution in [0.4, 0.5) is 0 Å². The van der Waals surface area contributed by atoms with E-state index in [0.29, 0.717) is 11.4 Å². The molecule has 0 saturated heterocycles. The zero-order valence-electron chi connectivity index (χ0n) is 16.2. The molecule has 5 nitrogen and oxygen atoms in total. The molecule has 0 atom stereocenters. The highest BCUT2D eigenvalue weighted by molar-refractivity contribution is 7.89. The predicted molar refractivity (Wildman–Crippen MR) is 108 cm³/mol. The molecule has 1 aliphatic rings. The van der Waals surface area contributed by atoms with Crippen molar-refractivity contribution < 1.29 is 17.9 Å². The summed E-state index contributed by atoms with van der Waals surface area (Å²) in [6.07, 6.45) is 5.34. The Kier molecular flexibility index (Phi) is 6.52. The molecular weight excluding hydrogens is 374 g/mol. The predicted octanol–water partition coefficient (Wildman–Crippen LogP) is 3.48. The van der Waals surface area contributed by atoms with Crippen LogP contribution in [0.3, 0.4) is 0 Å². The van der Waals surface area contributed by atoms with Crippen LogP contribution >= 0.6 is 0 Å². The number of sulfonamides is 1. The molecule has 0 aliphatic heterocycles. The van der Waals surface area contributed by atoms with Crippen LogP contribution in [-0.4, -0.2) is 28.0 Å². The molecule has 150 valence electrons. The Hall–Kier alpha value is -2.18. The number of hydrogen-bond acceptors (Lipinski definition) is 4. The summed E-state index contributed by atoms with van der Waals surface area (Å²) in [7, 11) is -2.12. The van der Waals surface area contributed by atoms with Gasteiger partial charge in [-0.25, -0.2) is 13.1 Å². The molecule has 2 aromatic rings. The van der Waals surface area contributed by atoms with Gasteiger partial charge in [0.05, 0.1) is 18.4 Å². The van der Waals surface area contributed by atoms with Gasteiger partial charge in [0.1, 0.15) is 0 Å². The molecule has 0 aromatic heterocycles. The number of nitrogens with one attached hydrogen (secondary N) is 1. The summed E-state index contributed by atoms with van der Waals surface area (Å²) in [5.74, 6) is -0.254. The summed E-state index contributed by atoms with van der Waals surface area (Å²) in [4.78, 5) is 11.7. The lowest BCUT2D eigenvalue weighted by molar-refractivity contribution is -0.139. The summed E-state index contributed by atoms with van der Waals surface area (Å²) in [6, 6.07) is 16.5. The average Bonchev–Trinajstić information content (AvgIpc) is 3.17. The normalized spacial score (nSPS) is 16.0. The zero-order chi connectivity index (χ0) is 20.0. The van der Waals surface area contributed by atoms with Gasteiger partial charge in [-0.3, -0.25) is 4.79 Å². The molecule has 2 aromatic carbocycles. The standard InChI is InChI=1S/C22H27NO4S/c1-27-21(24)15-18-9-11-19(12-10-18)16-22(13-5-6-14-22)17-23-28(25,26)20-7-3-2-4-8-20/h2-4,7-12,23H,5-6,13-17H2,1H3. The molecule has 0 bridgehead atoms. The molecule has 0 radical (unpaired) electrons. The maximum atomic E-state index is 12.6. The van der Waals surface area contributed by atoms with Crippen molar-refractivity contribution in [2.24, 2.45) is 5.41 Å². The van der Waals surface area contributed by atoms with Crippen molar-refractivity contribution in [3.8, 4) is 0 Å². The van der Waals surface area contributed by atoms with Gasteiger partial charge in [-0.2, -0.15) is 0 Å². The van der Waals surface area contributed by atoms with E-state index in [9.17, 15) is 13.2 Å². The topological polar surface area (TPSA) is 72.5 Å². The van der Waals surface area contributed by atoms with Gasteiger partial charge in [0.25, 0.3) is 0 Å². The quantitative estimate of drug-likeness (QED) is 0.688. The summed E-state index contributed by atoms with van der Waals surface area (Å²) in [5.41, 5.74) is 2.02. The van der Waals surface area contributed by atoms with E-state index in [4.69, 9.17) is 4.74 Å². The number of carbonyl (C=O) groups excluding carboxylic acids is 1. The van der Waals surface area contributed by atoms with E-state index in [2.05, 4.69) is 4.72 Å². The number of carbonyl (C=O) groups is 1. The first kappa shape index (κ1) is 20.6. The van der Waals surface area contributed by atoms with Crippen molar-refractivity contribution in [1.29, 1.82) is 0 Å². The van der Waals surface area contributed by atoms with E-state index in [-0.39, 0.29) is 17.8 Å². The first-order valence-electron chi connectivity index (χ1n) is 9.62. The highest BCUT2D eigenvalue weighted by Crippen LogP contribution is 2.40. The molecule has 1 fully saturated rings. The first-order chi connectivity index (χ1) is 13.4. The lowest BCUT2D eigenvalue weighted by Crippen LogP contribution is -2.37. The second kappa shape index (κ2) is 8.88. The van der Waals surface area contributed by atoms with Gasteiger partial charge in [0.2, 0.25) is 10.0 Å². The third kappa shape index (κ3) is 5.20. The Balaban J connectivity index is 1.68. The Morgan fingerprint density at radius 1 is 1.00 bits per heavy atom. The smallest absolute Gasteiger partial charge is 0.309 e. The van der Waals surface area contributed by atoms with Gasteiger partial charge in [-0.05, 0) is 47.9 Å². The van der Waals surface area contributed by atoms with Crippen molar-refractivity contribution in [1.82, 2.24) is 4.72 Å². The molecule has 1 aliphatic carbocycles. The van der Waals surface area contributed by atoms with E-state index in [0.717, 1.165) is 43.2 Å². The van der Waals surface area contributed by atoms with Crippen LogP contribution < -0.4 is 4.72 Å². The minimum absolute atomic E-state index is 0.0638. The van der Waals surface area contributed by atoms with Crippen LogP contribution in [-0.2, 0) is 32.4 Å². The van der Waals surface area contributed by atoms with Crippen LogP contribution in [0.25, 0.3) is 0 Å². The minimum atomic E-state index is -3.50. The summed E-state index contributed by atoms with van der Waals surface area (Å²) < 4.78 is 32.7. The van der Waals surface area contributed by atoms with Gasteiger partial charge in [-0.1, -0.05) is 55.3 Å². The summed E-state index contributed by atoms with van der Waals surface area (Å²) >= 11 is 0. The fourth-order valence-electron chi connectivity index (χ4n) is 3.92. The van der Waals surface area contributed by atoms with Gasteiger partial charge in [-0.15, -0.1) is 0 Å². The van der Waals surface area contributed by atoms with Crippen molar-refractivity contribution in [3.05, 3.63) is 65.7 Å².